The molecule has 9 aliphatic rings. The number of nitrogens with one attached hydrogen (secondary N) is 6. The van der Waals surface area contributed by atoms with E-state index >= 15 is 0 Å². The number of carbonyl (C=O) groups excluding carboxylic acids is 9. The molecule has 0 radical (unpaired) electrons. The van der Waals surface area contributed by atoms with Gasteiger partial charge < -0.3 is 90.3 Å². The summed E-state index contributed by atoms with van der Waals surface area (Å²) < 4.78 is 33.0. The fourth-order valence-corrected chi connectivity index (χ4v) is 18.5. The molecule has 16 rings (SSSR count). The van der Waals surface area contributed by atoms with Crippen LogP contribution in [0.25, 0.3) is 34.2 Å². The zero-order valence-electron chi connectivity index (χ0n) is 81.3. The predicted octanol–water partition coefficient (Wildman–Crippen LogP) is 10.8. The van der Waals surface area contributed by atoms with Gasteiger partial charge in [0.2, 0.25) is 52.9 Å². The Morgan fingerprint density at radius 1 is 0.411 bits per heavy atom. The Kier molecular flexibility index (Phi) is 32.1. The Labute approximate surface area is 815 Å². The number of nitrogens with zero attached hydrogens (tertiary/aromatic N) is 15. The third-order valence-corrected chi connectivity index (χ3v) is 26.1. The van der Waals surface area contributed by atoms with E-state index < -0.39 is 159 Å². The zero-order chi connectivity index (χ0) is 101. The van der Waals surface area contributed by atoms with Gasteiger partial charge in [0, 0.05) is 73.3 Å². The summed E-state index contributed by atoms with van der Waals surface area (Å²) in [6.07, 6.45) is 20.6. The number of methoxy groups -OCH3 is 1. The number of hydrogen-bond acceptors (Lipinski definition) is 27. The molecular weight excluding hydrogens is 1820 g/mol. The maximum atomic E-state index is 14.3. The third-order valence-electron chi connectivity index (χ3n) is 26.1. The lowest BCUT2D eigenvalue weighted by Gasteiger charge is -2.30. The van der Waals surface area contributed by atoms with Crippen LogP contribution in [0.5, 0.6) is 23.0 Å². The summed E-state index contributed by atoms with van der Waals surface area (Å²) in [6, 6.07) is 23.5. The van der Waals surface area contributed by atoms with E-state index in [4.69, 9.17) is 28.4 Å². The summed E-state index contributed by atoms with van der Waals surface area (Å²) in [5.74, 6) is -3.75. The van der Waals surface area contributed by atoms with E-state index in [-0.39, 0.29) is 75.9 Å². The predicted molar refractivity (Wildman–Crippen MR) is 507 cm³/mol. The standard InChI is InChI=1S/C36H43N7O7.C32H43N7O7.C31H41N7O7/c1-35(2,3)50-34(48)37-28-15-11-6-4-5-8-12-24-21-36(24,33(46)47)38-31(44)29-20-25(22-42(29)32(28)45)43-40-30(39-41-43)23-16-18-27(19-17-23)49-26-13-9-7-10-14-26;1-5-45-23-15-13-20(14-16-23)26-35-37-39(36-26)22-17-25-27(40)34-32(29(42)43)18-21(32)11-9-7-6-8-10-12-24(28(41)38(25)19-22)33-30(44)46-31(2,3)4;1-30(2,3)45-29(43)32-23-14-9-7-5-6-8-12-20-17-31(20,28(41)42)33-26(39)24-16-21(18-37(24)27(23)40)38-35-25(34-36-38)19-11-10-13-22(15-19)44-4/h7-10,12-14,16-19,24-25,28-29H,4-6,11,15,20-22H2,1-3H3,(H,37,48)(H,38,44)(H,46,47);9,11,13-16,21-22,24-25H,5-8,10,12,17-19H2,1-4H3,(H,33,44)(H,34,40)(H,42,43);8,10-13,15,20-21,23-24H,5-7,9,14,16-18H2,1-4H3,(H,32,43)(H,33,39)(H,41,42)/b12-8-;11-9-;12-8-/t24-,25+,28-,29+,36+;21-,22+,24-,25+,32+;20-,21?,23-,24+,31+/m111/s1. The smallest absolute Gasteiger partial charge is 0.408 e. The van der Waals surface area contributed by atoms with Crippen molar-refractivity contribution in [1.82, 2.24) is 107 Å². The van der Waals surface area contributed by atoms with Crippen molar-refractivity contribution in [2.24, 2.45) is 17.8 Å². The fraction of sp³-hybridized carbons (Fsp3) is 0.545. The van der Waals surface area contributed by atoms with Crippen LogP contribution in [0.3, 0.4) is 0 Å². The fourth-order valence-electron chi connectivity index (χ4n) is 18.5. The molecule has 15 atom stereocenters. The molecule has 141 heavy (non-hydrogen) atoms. The first-order chi connectivity index (χ1) is 67.2. The molecule has 3 aromatic heterocycles. The zero-order valence-corrected chi connectivity index (χ0v) is 81.3. The van der Waals surface area contributed by atoms with Gasteiger partial charge in [-0.25, -0.2) is 28.8 Å². The summed E-state index contributed by atoms with van der Waals surface area (Å²) >= 11 is 0. The first kappa shape index (κ1) is 103. The minimum atomic E-state index is -1.44. The topological polar surface area (TPSA) is 534 Å². The van der Waals surface area contributed by atoms with Gasteiger partial charge in [0.15, 0.2) is 0 Å². The number of fused-ring (bicyclic) bond motifs is 6. The summed E-state index contributed by atoms with van der Waals surface area (Å²) in [6.45, 7) is 18.2. The quantitative estimate of drug-likeness (QED) is 0.0302. The van der Waals surface area contributed by atoms with Crippen LogP contribution >= 0.6 is 0 Å². The van der Waals surface area contributed by atoms with E-state index in [9.17, 15) is 72.9 Å². The second-order valence-corrected chi connectivity index (χ2v) is 40.1. The first-order valence-electron chi connectivity index (χ1n) is 48.4. The number of benzene rings is 4. The second kappa shape index (κ2) is 44.1. The van der Waals surface area contributed by atoms with Crippen molar-refractivity contribution in [2.45, 2.75) is 292 Å². The number of aliphatic carboxylic acids is 3. The summed E-state index contributed by atoms with van der Waals surface area (Å²) in [5, 5.41) is 85.9. The van der Waals surface area contributed by atoms with Crippen molar-refractivity contribution < 1.29 is 101 Å². The van der Waals surface area contributed by atoms with Gasteiger partial charge in [-0.1, -0.05) is 105 Å². The average Bonchev–Trinajstić information content (AvgIpc) is 1.59. The van der Waals surface area contributed by atoms with Gasteiger partial charge in [-0.2, -0.15) is 14.4 Å². The maximum Gasteiger partial charge on any atom is 0.408 e. The first-order valence-corrected chi connectivity index (χ1v) is 48.4. The van der Waals surface area contributed by atoms with E-state index in [1.54, 1.807) is 99.8 Å². The van der Waals surface area contributed by atoms with Crippen LogP contribution in [-0.4, -0.2) is 265 Å². The molecule has 42 heteroatoms. The normalized spacial score (nSPS) is 27.3. The van der Waals surface area contributed by atoms with Gasteiger partial charge in [0.25, 0.3) is 0 Å². The number of aromatic nitrogens is 12. The lowest BCUT2D eigenvalue weighted by Crippen LogP contribution is -2.56. The third kappa shape index (κ3) is 25.9. The Balaban J connectivity index is 0.000000168. The van der Waals surface area contributed by atoms with E-state index in [1.165, 1.54) is 29.1 Å². The van der Waals surface area contributed by atoms with Crippen LogP contribution in [0.2, 0.25) is 0 Å². The number of tetrazole rings is 3. The molecule has 1 unspecified atom stereocenters. The molecule has 9 amide bonds. The lowest BCUT2D eigenvalue weighted by molar-refractivity contribution is -0.146. The molecule has 6 aliphatic heterocycles. The molecule has 4 aromatic carbocycles. The Bertz CT molecular complexity index is 5770. The van der Waals surface area contributed by atoms with Crippen LogP contribution in [0.1, 0.15) is 222 Å². The molecule has 9 heterocycles. The van der Waals surface area contributed by atoms with Crippen LogP contribution in [-0.2, 0) is 57.4 Å². The van der Waals surface area contributed by atoms with Crippen molar-refractivity contribution in [1.29, 1.82) is 0 Å². The number of alkyl carbamates (subject to hydrolysis) is 3. The lowest BCUT2D eigenvalue weighted by atomic mass is 10.0. The van der Waals surface area contributed by atoms with Crippen LogP contribution in [0.4, 0.5) is 14.4 Å². The number of allylic oxidation sites excluding steroid dienone is 3. The number of carboxylic acid groups (broad SMARTS) is 3. The molecule has 3 aliphatic carbocycles. The molecular formula is C99H127N21O21. The van der Waals surface area contributed by atoms with E-state index in [1.807, 2.05) is 116 Å². The van der Waals surface area contributed by atoms with Crippen LogP contribution in [0.15, 0.2) is 140 Å². The van der Waals surface area contributed by atoms with Crippen molar-refractivity contribution in [3.63, 3.8) is 0 Å². The highest BCUT2D eigenvalue weighted by Crippen LogP contribution is 2.49. The molecule has 0 bridgehead atoms. The van der Waals surface area contributed by atoms with Crippen molar-refractivity contribution in [2.75, 3.05) is 33.4 Å². The monoisotopic (exact) mass is 1950 g/mol. The largest absolute Gasteiger partial charge is 0.497 e. The van der Waals surface area contributed by atoms with Gasteiger partial charge >= 0.3 is 36.2 Å². The molecule has 3 saturated carbocycles. The summed E-state index contributed by atoms with van der Waals surface area (Å²) in [7, 11) is 1.56. The number of hydrogen-bond donors (Lipinski definition) is 9. The number of carbonyl (C=O) groups is 12. The molecule has 7 aromatic rings. The van der Waals surface area contributed by atoms with E-state index in [0.717, 1.165) is 57.8 Å². The maximum absolute atomic E-state index is 14.3. The highest BCUT2D eigenvalue weighted by Gasteiger charge is 2.64. The van der Waals surface area contributed by atoms with Crippen LogP contribution < -0.4 is 46.1 Å². The number of para-hydroxylation sites is 1. The highest BCUT2D eigenvalue weighted by atomic mass is 16.6. The number of amides is 9. The van der Waals surface area contributed by atoms with Crippen molar-refractivity contribution in [3.8, 4) is 57.2 Å². The molecule has 0 spiro atoms. The van der Waals surface area contributed by atoms with Crippen molar-refractivity contribution in [3.05, 3.63) is 140 Å². The minimum Gasteiger partial charge on any atom is -0.497 e. The number of carboxylic acids is 3. The Morgan fingerprint density at radius 3 is 1.06 bits per heavy atom. The van der Waals surface area contributed by atoms with E-state index in [0.29, 0.717) is 102 Å². The van der Waals surface area contributed by atoms with Crippen molar-refractivity contribution >= 4 is 71.6 Å². The molecule has 754 valence electrons. The van der Waals surface area contributed by atoms with Gasteiger partial charge in [0.1, 0.15) is 92.7 Å². The number of rotatable bonds is 17. The Hall–Kier alpha value is -14.2. The van der Waals surface area contributed by atoms with Crippen LogP contribution in [0, 0.1) is 17.8 Å². The number of ether oxygens (including phenoxy) is 6. The second-order valence-electron chi connectivity index (χ2n) is 40.1. The van der Waals surface area contributed by atoms with Gasteiger partial charge in [-0.15, -0.1) is 30.6 Å². The van der Waals surface area contributed by atoms with Gasteiger partial charge in [-0.3, -0.25) is 28.8 Å². The molecule has 6 fully saturated rings. The summed E-state index contributed by atoms with van der Waals surface area (Å²) in [4.78, 5) is 168. The minimum absolute atomic E-state index is 0.0481. The van der Waals surface area contributed by atoms with E-state index in [2.05, 4.69) is 78.1 Å². The Morgan fingerprint density at radius 2 is 0.738 bits per heavy atom. The van der Waals surface area contributed by atoms with Gasteiger partial charge in [0.05, 0.1) is 31.8 Å². The molecule has 9 N–H and O–H groups in total. The molecule has 42 nitrogen and oxygen atoms in total. The molecule has 3 saturated heterocycles. The highest BCUT2D eigenvalue weighted by molar-refractivity contribution is 5.99. The average molecular weight is 1950 g/mol. The SMILES string of the molecule is CC(C)(C)OC(=O)N[C@@H]1CCCCC/C=C\[C@@H]2C[C@]2(C(=O)O)NC(=O)[C@@H]2C[C@H](n3nnc(-c4ccc(Oc5ccccc5)cc4)n3)CN2C1=O.CCOc1ccc(-c2nnn([C@H]3C[C@H]4C(=O)N[C@@]5(C(=O)O)C[C@H]5/C=C\CCCCC[C@@H](NC(=O)OC(C)(C)C)C(=O)N4C3)n2)cc1.COc1cccc(-c2nnn(C3C[C@H]4C(=O)N[C@@]5(C(=O)O)C[C@H]5/C=C\CCCCC[C@@H](NC(=O)OC(C)(C)C)C(=O)N4C3)n2)c1. The summed E-state index contributed by atoms with van der Waals surface area (Å²) in [5.41, 5.74) is -4.54. The van der Waals surface area contributed by atoms with Gasteiger partial charge in [-0.05, 0) is 235 Å².